The van der Waals surface area contributed by atoms with Crippen LogP contribution in [-0.2, 0) is 11.3 Å². The number of guanidine groups is 1. The van der Waals surface area contributed by atoms with Crippen LogP contribution >= 0.6 is 24.0 Å². The van der Waals surface area contributed by atoms with Crippen LogP contribution in [0.15, 0.2) is 70.3 Å². The van der Waals surface area contributed by atoms with Crippen molar-refractivity contribution in [1.82, 2.24) is 15.6 Å². The summed E-state index contributed by atoms with van der Waals surface area (Å²) in [4.78, 5) is 8.92. The summed E-state index contributed by atoms with van der Waals surface area (Å²) in [7, 11) is 1.78. The molecule has 2 aromatic carbocycles. The Morgan fingerprint density at radius 2 is 1.88 bits per heavy atom. The molecule has 1 aliphatic heterocycles. The number of ether oxygens (including phenoxy) is 1. The van der Waals surface area contributed by atoms with Crippen molar-refractivity contribution in [3.8, 4) is 11.5 Å². The molecule has 0 spiro atoms. The minimum Gasteiger partial charge on any atom is -0.444 e. The molecule has 4 rings (SSSR count). The third-order valence-electron chi connectivity index (χ3n) is 5.62. The quantitative estimate of drug-likeness (QED) is 0.256. The highest BCUT2D eigenvalue weighted by Crippen LogP contribution is 2.33. The van der Waals surface area contributed by atoms with E-state index in [1.54, 1.807) is 13.3 Å². The second-order valence-electron chi connectivity index (χ2n) is 7.92. The fourth-order valence-electron chi connectivity index (χ4n) is 3.90. The Bertz CT molecular complexity index is 989. The molecule has 1 saturated heterocycles. The van der Waals surface area contributed by atoms with Crippen molar-refractivity contribution in [2.24, 2.45) is 10.9 Å². The van der Waals surface area contributed by atoms with E-state index in [-0.39, 0.29) is 30.1 Å². The number of aromatic nitrogens is 1. The van der Waals surface area contributed by atoms with E-state index >= 15 is 0 Å². The first-order valence-electron chi connectivity index (χ1n) is 10.9. The van der Waals surface area contributed by atoms with E-state index in [1.807, 2.05) is 30.3 Å². The van der Waals surface area contributed by atoms with Gasteiger partial charge in [0.1, 0.15) is 6.26 Å². The zero-order valence-corrected chi connectivity index (χ0v) is 20.9. The smallest absolute Gasteiger partial charge is 0.226 e. The Hall–Kier alpha value is -2.39. The number of nitrogens with one attached hydrogen (secondary N) is 2. The third-order valence-corrected chi connectivity index (χ3v) is 5.62. The first-order valence-corrected chi connectivity index (χ1v) is 10.9. The van der Waals surface area contributed by atoms with Crippen molar-refractivity contribution < 1.29 is 9.15 Å². The molecule has 0 radical (unpaired) electrons. The minimum atomic E-state index is 0. The molecular weight excluding hydrogens is 515 g/mol. The van der Waals surface area contributed by atoms with Gasteiger partial charge in [-0.1, -0.05) is 48.0 Å². The lowest BCUT2D eigenvalue weighted by molar-refractivity contribution is -0.0265. The fourth-order valence-corrected chi connectivity index (χ4v) is 3.90. The summed E-state index contributed by atoms with van der Waals surface area (Å²) in [5.41, 5.74) is 4.31. The van der Waals surface area contributed by atoms with Gasteiger partial charge >= 0.3 is 0 Å². The van der Waals surface area contributed by atoms with Gasteiger partial charge in [0, 0.05) is 31.7 Å². The lowest BCUT2D eigenvalue weighted by Gasteiger charge is -2.32. The van der Waals surface area contributed by atoms with Crippen molar-refractivity contribution in [1.29, 1.82) is 0 Å². The molecule has 170 valence electrons. The molecule has 0 aliphatic carbocycles. The second kappa shape index (κ2) is 12.0. The highest BCUT2D eigenvalue weighted by Gasteiger charge is 2.27. The molecule has 7 heteroatoms. The molecule has 2 heterocycles. The van der Waals surface area contributed by atoms with E-state index in [1.165, 1.54) is 11.1 Å². The van der Waals surface area contributed by atoms with E-state index in [0.29, 0.717) is 18.4 Å². The van der Waals surface area contributed by atoms with Crippen LogP contribution in [0, 0.1) is 12.8 Å². The average molecular weight is 546 g/mol. The molecule has 2 unspecified atom stereocenters. The molecular formula is C25H31IN4O2. The first-order chi connectivity index (χ1) is 15.2. The van der Waals surface area contributed by atoms with Crippen LogP contribution in [0.3, 0.4) is 0 Å². The summed E-state index contributed by atoms with van der Waals surface area (Å²) in [5.74, 6) is 1.77. The summed E-state index contributed by atoms with van der Waals surface area (Å²) in [5, 5.41) is 6.79. The number of benzene rings is 2. The average Bonchev–Trinajstić information content (AvgIpc) is 3.30. The SMILES string of the molecule is CN=C(NCc1coc(-c2ccccc2)n1)NCC1CCCOC1c1ccc(C)cc1.I. The molecule has 2 atom stereocenters. The molecule has 32 heavy (non-hydrogen) atoms. The maximum Gasteiger partial charge on any atom is 0.226 e. The van der Waals surface area contributed by atoms with Crippen LogP contribution in [0.4, 0.5) is 0 Å². The molecule has 3 aromatic rings. The van der Waals surface area contributed by atoms with Crippen LogP contribution in [0.1, 0.15) is 35.8 Å². The van der Waals surface area contributed by atoms with E-state index in [2.05, 4.69) is 51.8 Å². The maximum atomic E-state index is 6.13. The van der Waals surface area contributed by atoms with Gasteiger partial charge in [0.15, 0.2) is 5.96 Å². The van der Waals surface area contributed by atoms with E-state index < -0.39 is 0 Å². The van der Waals surface area contributed by atoms with Crippen molar-refractivity contribution >= 4 is 29.9 Å². The summed E-state index contributed by atoms with van der Waals surface area (Å²) >= 11 is 0. The molecule has 6 nitrogen and oxygen atoms in total. The number of rotatable bonds is 6. The second-order valence-corrected chi connectivity index (χ2v) is 7.92. The number of hydrogen-bond acceptors (Lipinski definition) is 4. The highest BCUT2D eigenvalue weighted by atomic mass is 127. The van der Waals surface area contributed by atoms with E-state index in [0.717, 1.165) is 43.2 Å². The largest absolute Gasteiger partial charge is 0.444 e. The monoisotopic (exact) mass is 546 g/mol. The van der Waals surface area contributed by atoms with E-state index in [9.17, 15) is 0 Å². The lowest BCUT2D eigenvalue weighted by atomic mass is 9.89. The standard InChI is InChI=1S/C25H30N4O2.HI/c1-18-10-12-19(13-11-18)23-21(9-6-14-30-23)15-27-25(26-2)28-16-22-17-31-24(29-22)20-7-4-3-5-8-20;/h3-5,7-8,10-13,17,21,23H,6,9,14-16H2,1-2H3,(H2,26,27,28);1H. The Balaban J connectivity index is 0.00000289. The molecule has 1 aromatic heterocycles. The van der Waals surface area contributed by atoms with Crippen molar-refractivity contribution in [2.45, 2.75) is 32.4 Å². The van der Waals surface area contributed by atoms with Gasteiger partial charge in [-0.25, -0.2) is 4.98 Å². The minimum absolute atomic E-state index is 0. The van der Waals surface area contributed by atoms with Gasteiger partial charge in [-0.05, 0) is 37.5 Å². The molecule has 1 fully saturated rings. The zero-order valence-electron chi connectivity index (χ0n) is 18.6. The number of halogens is 1. The van der Waals surface area contributed by atoms with Gasteiger partial charge in [0.25, 0.3) is 0 Å². The summed E-state index contributed by atoms with van der Waals surface area (Å²) in [6.45, 7) is 4.26. The van der Waals surface area contributed by atoms with Crippen LogP contribution in [-0.4, -0.2) is 31.1 Å². The summed E-state index contributed by atoms with van der Waals surface area (Å²) in [6, 6.07) is 18.6. The Labute approximate surface area is 206 Å². The normalized spacial score (nSPS) is 18.6. The molecule has 2 N–H and O–H groups in total. The molecule has 0 saturated carbocycles. The zero-order chi connectivity index (χ0) is 21.5. The number of aryl methyl sites for hydroxylation is 1. The Morgan fingerprint density at radius 3 is 2.62 bits per heavy atom. The molecule has 1 aliphatic rings. The maximum absolute atomic E-state index is 6.13. The van der Waals surface area contributed by atoms with Crippen LogP contribution in [0.2, 0.25) is 0 Å². The van der Waals surface area contributed by atoms with Crippen molar-refractivity contribution in [3.05, 3.63) is 77.7 Å². The Kier molecular flexibility index (Phi) is 9.11. The highest BCUT2D eigenvalue weighted by molar-refractivity contribution is 14.0. The van der Waals surface area contributed by atoms with Gasteiger partial charge in [-0.2, -0.15) is 0 Å². The lowest BCUT2D eigenvalue weighted by Crippen LogP contribution is -2.41. The van der Waals surface area contributed by atoms with Gasteiger partial charge in [-0.15, -0.1) is 24.0 Å². The summed E-state index contributed by atoms with van der Waals surface area (Å²) in [6.07, 6.45) is 4.02. The predicted octanol–water partition coefficient (Wildman–Crippen LogP) is 5.10. The number of oxazole rings is 1. The number of hydrogen-bond donors (Lipinski definition) is 2. The number of aliphatic imine (C=N–C) groups is 1. The van der Waals surface area contributed by atoms with Crippen LogP contribution in [0.5, 0.6) is 0 Å². The van der Waals surface area contributed by atoms with Crippen LogP contribution in [0.25, 0.3) is 11.5 Å². The molecule has 0 amide bonds. The van der Waals surface area contributed by atoms with Gasteiger partial charge < -0.3 is 19.8 Å². The van der Waals surface area contributed by atoms with Crippen LogP contribution < -0.4 is 10.6 Å². The van der Waals surface area contributed by atoms with Gasteiger partial charge in [0.05, 0.1) is 18.3 Å². The van der Waals surface area contributed by atoms with E-state index in [4.69, 9.17) is 9.15 Å². The number of nitrogens with zero attached hydrogens (tertiary/aromatic N) is 2. The Morgan fingerprint density at radius 1 is 1.09 bits per heavy atom. The fraction of sp³-hybridized carbons (Fsp3) is 0.360. The molecule has 0 bridgehead atoms. The topological polar surface area (TPSA) is 71.7 Å². The first kappa shape index (κ1) is 24.3. The summed E-state index contributed by atoms with van der Waals surface area (Å²) < 4.78 is 11.7. The van der Waals surface area contributed by atoms with Gasteiger partial charge in [0.2, 0.25) is 5.89 Å². The van der Waals surface area contributed by atoms with Gasteiger partial charge in [-0.3, -0.25) is 4.99 Å². The van der Waals surface area contributed by atoms with Crippen molar-refractivity contribution in [2.75, 3.05) is 20.2 Å². The predicted molar refractivity (Wildman–Crippen MR) is 138 cm³/mol. The third kappa shape index (κ3) is 6.32. The van der Waals surface area contributed by atoms with Crippen molar-refractivity contribution in [3.63, 3.8) is 0 Å².